The lowest BCUT2D eigenvalue weighted by Gasteiger charge is -2.13. The number of carbonyl (C=O) groups excluding carboxylic acids is 3. The van der Waals surface area contributed by atoms with Crippen molar-refractivity contribution < 1.29 is 23.6 Å². The molecule has 0 bridgehead atoms. The van der Waals surface area contributed by atoms with Gasteiger partial charge in [0.1, 0.15) is 5.82 Å². The van der Waals surface area contributed by atoms with Gasteiger partial charge in [-0.3, -0.25) is 14.6 Å². The smallest absolute Gasteiger partial charge is 0.324 e. The molecule has 6 nitrogen and oxygen atoms in total. The SMILES string of the molecule is O=C(ON1C(=O)c2ccccc2C1=O)c1ccc(F)c2cccnc12. The van der Waals surface area contributed by atoms with Gasteiger partial charge in [0.05, 0.1) is 22.2 Å². The van der Waals surface area contributed by atoms with Crippen LogP contribution in [0.3, 0.4) is 0 Å². The molecule has 1 aliphatic rings. The summed E-state index contributed by atoms with van der Waals surface area (Å²) in [6, 6.07) is 11.4. The number of fused-ring (bicyclic) bond motifs is 2. The zero-order valence-electron chi connectivity index (χ0n) is 12.6. The fourth-order valence-corrected chi connectivity index (χ4v) is 2.68. The molecule has 1 aliphatic heterocycles. The minimum atomic E-state index is -0.974. The van der Waals surface area contributed by atoms with Gasteiger partial charge in [-0.1, -0.05) is 17.2 Å². The summed E-state index contributed by atoms with van der Waals surface area (Å²) in [6.45, 7) is 0. The first kappa shape index (κ1) is 14.9. The molecule has 0 saturated carbocycles. The van der Waals surface area contributed by atoms with Gasteiger partial charge in [0.15, 0.2) is 0 Å². The monoisotopic (exact) mass is 336 g/mol. The van der Waals surface area contributed by atoms with Crippen molar-refractivity contribution >= 4 is 28.7 Å². The van der Waals surface area contributed by atoms with Crippen LogP contribution in [0.15, 0.2) is 54.7 Å². The van der Waals surface area contributed by atoms with Crippen LogP contribution in [0.25, 0.3) is 10.9 Å². The number of rotatable bonds is 2. The third-order valence-corrected chi connectivity index (χ3v) is 3.87. The van der Waals surface area contributed by atoms with E-state index in [1.54, 1.807) is 12.1 Å². The molecule has 0 saturated heterocycles. The minimum absolute atomic E-state index is 0.0476. The van der Waals surface area contributed by atoms with Crippen molar-refractivity contribution in [2.24, 2.45) is 0 Å². The summed E-state index contributed by atoms with van der Waals surface area (Å²) in [5.74, 6) is -2.97. The third kappa shape index (κ3) is 2.25. The van der Waals surface area contributed by atoms with Gasteiger partial charge in [-0.15, -0.1) is 0 Å². The van der Waals surface area contributed by atoms with Crippen molar-refractivity contribution in [3.05, 3.63) is 77.2 Å². The molecular weight excluding hydrogens is 327 g/mol. The Bertz CT molecular complexity index is 1030. The maximum atomic E-state index is 13.8. The summed E-state index contributed by atoms with van der Waals surface area (Å²) in [5.41, 5.74) is 0.349. The molecule has 4 rings (SSSR count). The Morgan fingerprint density at radius 2 is 1.64 bits per heavy atom. The standard InChI is InChI=1S/C18H9FN2O4/c19-14-8-7-13(15-12(14)6-3-9-20-15)18(24)25-21-16(22)10-4-1-2-5-11(10)17(21)23/h1-9H. The summed E-state index contributed by atoms with van der Waals surface area (Å²) >= 11 is 0. The van der Waals surface area contributed by atoms with Gasteiger partial charge < -0.3 is 4.84 Å². The summed E-state index contributed by atoms with van der Waals surface area (Å²) < 4.78 is 13.8. The quantitative estimate of drug-likeness (QED) is 0.673. The van der Waals surface area contributed by atoms with Gasteiger partial charge in [-0.2, -0.15) is 0 Å². The van der Waals surface area contributed by atoms with Crippen LogP contribution in [0.1, 0.15) is 31.1 Å². The van der Waals surface area contributed by atoms with Gasteiger partial charge in [-0.25, -0.2) is 9.18 Å². The van der Waals surface area contributed by atoms with Crippen LogP contribution < -0.4 is 0 Å². The molecule has 2 heterocycles. The average molecular weight is 336 g/mol. The number of hydrogen-bond donors (Lipinski definition) is 0. The van der Waals surface area contributed by atoms with Crippen molar-refractivity contribution in [3.8, 4) is 0 Å². The molecular formula is C18H9FN2O4. The molecule has 7 heteroatoms. The van der Waals surface area contributed by atoms with Crippen molar-refractivity contribution in [2.45, 2.75) is 0 Å². The summed E-state index contributed by atoms with van der Waals surface area (Å²) in [6.07, 6.45) is 1.40. The van der Waals surface area contributed by atoms with E-state index < -0.39 is 23.6 Å². The third-order valence-electron chi connectivity index (χ3n) is 3.87. The van der Waals surface area contributed by atoms with Gasteiger partial charge in [0.25, 0.3) is 11.8 Å². The predicted octanol–water partition coefficient (Wildman–Crippen LogP) is 2.74. The van der Waals surface area contributed by atoms with Crippen LogP contribution in [0.4, 0.5) is 4.39 Å². The largest absolute Gasteiger partial charge is 0.366 e. The maximum absolute atomic E-state index is 13.8. The lowest BCUT2D eigenvalue weighted by atomic mass is 10.1. The molecule has 0 fully saturated rings. The van der Waals surface area contributed by atoms with E-state index in [1.165, 1.54) is 36.5 Å². The summed E-state index contributed by atoms with van der Waals surface area (Å²) in [7, 11) is 0. The topological polar surface area (TPSA) is 76.6 Å². The fraction of sp³-hybridized carbons (Fsp3) is 0. The number of hydrogen-bond acceptors (Lipinski definition) is 5. The van der Waals surface area contributed by atoms with Gasteiger partial charge in [0, 0.05) is 11.6 Å². The van der Waals surface area contributed by atoms with Gasteiger partial charge in [0.2, 0.25) is 0 Å². The van der Waals surface area contributed by atoms with Crippen LogP contribution in [0.5, 0.6) is 0 Å². The minimum Gasteiger partial charge on any atom is -0.324 e. The second kappa shape index (κ2) is 5.48. The fourth-order valence-electron chi connectivity index (χ4n) is 2.68. The Labute approximate surface area is 140 Å². The molecule has 0 atom stereocenters. The second-order valence-corrected chi connectivity index (χ2v) is 5.32. The highest BCUT2D eigenvalue weighted by Gasteiger charge is 2.39. The molecule has 2 amide bonds. The van der Waals surface area contributed by atoms with Crippen LogP contribution >= 0.6 is 0 Å². The molecule has 2 aromatic carbocycles. The Morgan fingerprint density at radius 1 is 0.960 bits per heavy atom. The van der Waals surface area contributed by atoms with Crippen molar-refractivity contribution in [1.29, 1.82) is 0 Å². The van der Waals surface area contributed by atoms with Gasteiger partial charge in [-0.05, 0) is 36.4 Å². The number of pyridine rings is 1. The van der Waals surface area contributed by atoms with Crippen molar-refractivity contribution in [1.82, 2.24) is 10.0 Å². The van der Waals surface area contributed by atoms with E-state index in [-0.39, 0.29) is 27.6 Å². The molecule has 0 aliphatic carbocycles. The molecule has 0 unspecified atom stereocenters. The number of imide groups is 1. The highest BCUT2D eigenvalue weighted by molar-refractivity contribution is 6.21. The molecule has 0 spiro atoms. The lowest BCUT2D eigenvalue weighted by molar-refractivity contribution is -0.0583. The average Bonchev–Trinajstić information content (AvgIpc) is 2.87. The van der Waals surface area contributed by atoms with E-state index in [4.69, 9.17) is 4.84 Å². The Kier molecular flexibility index (Phi) is 3.28. The van der Waals surface area contributed by atoms with Crippen LogP contribution in [0.2, 0.25) is 0 Å². The van der Waals surface area contributed by atoms with E-state index in [0.717, 1.165) is 6.07 Å². The number of aromatic nitrogens is 1. The molecule has 0 radical (unpaired) electrons. The second-order valence-electron chi connectivity index (χ2n) is 5.32. The molecule has 122 valence electrons. The Balaban J connectivity index is 1.70. The first-order valence-corrected chi connectivity index (χ1v) is 7.31. The van der Waals surface area contributed by atoms with E-state index in [2.05, 4.69) is 4.98 Å². The van der Waals surface area contributed by atoms with Crippen molar-refractivity contribution in [3.63, 3.8) is 0 Å². The van der Waals surface area contributed by atoms with Crippen LogP contribution in [0, 0.1) is 5.82 Å². The highest BCUT2D eigenvalue weighted by atomic mass is 19.1. The highest BCUT2D eigenvalue weighted by Crippen LogP contribution is 2.25. The van der Waals surface area contributed by atoms with E-state index in [9.17, 15) is 18.8 Å². The number of hydroxylamine groups is 2. The van der Waals surface area contributed by atoms with Gasteiger partial charge >= 0.3 is 5.97 Å². The molecule has 1 aromatic heterocycles. The number of amides is 2. The zero-order chi connectivity index (χ0) is 17.6. The first-order chi connectivity index (χ1) is 12.1. The van der Waals surface area contributed by atoms with E-state index in [1.807, 2.05) is 0 Å². The number of nitrogens with zero attached hydrogens (tertiary/aromatic N) is 2. The normalized spacial score (nSPS) is 13.2. The molecule has 25 heavy (non-hydrogen) atoms. The zero-order valence-corrected chi connectivity index (χ0v) is 12.6. The predicted molar refractivity (Wildman–Crippen MR) is 84.1 cm³/mol. The lowest BCUT2D eigenvalue weighted by Crippen LogP contribution is -2.32. The number of carbonyl (C=O) groups is 3. The molecule has 0 N–H and O–H groups in total. The van der Waals surface area contributed by atoms with E-state index in [0.29, 0.717) is 5.06 Å². The number of halogens is 1. The molecule has 3 aromatic rings. The Morgan fingerprint density at radius 3 is 2.32 bits per heavy atom. The number of benzene rings is 2. The summed E-state index contributed by atoms with van der Waals surface area (Å²) in [5, 5.41) is 0.546. The summed E-state index contributed by atoms with van der Waals surface area (Å²) in [4.78, 5) is 45.9. The first-order valence-electron chi connectivity index (χ1n) is 7.31. The van der Waals surface area contributed by atoms with Crippen LogP contribution in [-0.2, 0) is 4.84 Å². The Hall–Kier alpha value is -3.61. The van der Waals surface area contributed by atoms with Crippen LogP contribution in [-0.4, -0.2) is 27.8 Å². The van der Waals surface area contributed by atoms with E-state index >= 15 is 0 Å². The maximum Gasteiger partial charge on any atom is 0.366 e. The van der Waals surface area contributed by atoms with Crippen molar-refractivity contribution in [2.75, 3.05) is 0 Å².